The zero-order chi connectivity index (χ0) is 14.4. The van der Waals surface area contributed by atoms with Gasteiger partial charge < -0.3 is 9.32 Å². The molecule has 20 heavy (non-hydrogen) atoms. The normalized spacial score (nSPS) is 10.9. The van der Waals surface area contributed by atoms with Gasteiger partial charge in [0.1, 0.15) is 5.76 Å². The lowest BCUT2D eigenvalue weighted by Gasteiger charge is -2.18. The molecule has 0 saturated carbocycles. The highest BCUT2D eigenvalue weighted by Crippen LogP contribution is 2.16. The van der Waals surface area contributed by atoms with E-state index < -0.39 is 0 Å². The Morgan fingerprint density at radius 1 is 1.30 bits per heavy atom. The molecule has 3 nitrogen and oxygen atoms in total. The molecule has 0 unspecified atom stereocenters. The number of ketones is 1. The number of hydrogen-bond acceptors (Lipinski definition) is 3. The number of hydrogen-bond donors (Lipinski definition) is 0. The van der Waals surface area contributed by atoms with Crippen molar-refractivity contribution < 1.29 is 9.21 Å². The second-order valence-electron chi connectivity index (χ2n) is 4.46. The van der Waals surface area contributed by atoms with Crippen LogP contribution in [0.1, 0.15) is 12.2 Å². The first-order valence-electron chi connectivity index (χ1n) is 6.36. The zero-order valence-electron chi connectivity index (χ0n) is 11.3. The van der Waals surface area contributed by atoms with Crippen molar-refractivity contribution in [2.75, 3.05) is 18.5 Å². The van der Waals surface area contributed by atoms with Crippen LogP contribution in [0.25, 0.3) is 6.08 Å². The maximum absolute atomic E-state index is 11.8. The average molecular weight is 290 g/mol. The summed E-state index contributed by atoms with van der Waals surface area (Å²) in [5.74, 6) is 0.756. The quantitative estimate of drug-likeness (QED) is 0.753. The molecule has 1 heterocycles. The summed E-state index contributed by atoms with van der Waals surface area (Å²) in [7, 11) is 1.95. The summed E-state index contributed by atoms with van der Waals surface area (Å²) in [6.07, 6.45) is 5.27. The molecular formula is C16H16ClNO2. The summed E-state index contributed by atoms with van der Waals surface area (Å²) < 4.78 is 5.13. The molecule has 0 saturated heterocycles. The highest BCUT2D eigenvalue weighted by molar-refractivity contribution is 6.30. The second-order valence-corrected chi connectivity index (χ2v) is 4.90. The SMILES string of the molecule is CN(CCC(=O)/C=C/c1ccco1)c1ccc(Cl)cc1. The Bertz CT molecular complexity index is 573. The number of carbonyl (C=O) groups is 1. The maximum atomic E-state index is 11.8. The number of furan rings is 1. The molecule has 4 heteroatoms. The third-order valence-electron chi connectivity index (χ3n) is 2.94. The fourth-order valence-corrected chi connectivity index (χ4v) is 1.87. The lowest BCUT2D eigenvalue weighted by Crippen LogP contribution is -2.20. The molecule has 0 N–H and O–H groups in total. The molecule has 0 aliphatic rings. The minimum absolute atomic E-state index is 0.0715. The second kappa shape index (κ2) is 6.96. The van der Waals surface area contributed by atoms with Crippen LogP contribution in [0.15, 0.2) is 53.2 Å². The standard InChI is InChI=1S/C16H16ClNO2/c1-18(14-6-4-13(17)5-7-14)11-10-15(19)8-9-16-3-2-12-20-16/h2-9,12H,10-11H2,1H3/b9-8+. The van der Waals surface area contributed by atoms with E-state index in [1.165, 1.54) is 0 Å². The topological polar surface area (TPSA) is 33.5 Å². The van der Waals surface area contributed by atoms with Gasteiger partial charge in [-0.25, -0.2) is 0 Å². The number of anilines is 1. The molecule has 1 aromatic heterocycles. The molecule has 104 valence electrons. The first-order valence-corrected chi connectivity index (χ1v) is 6.74. The van der Waals surface area contributed by atoms with Crippen molar-refractivity contribution >= 4 is 29.1 Å². The van der Waals surface area contributed by atoms with Crippen LogP contribution in [0, 0.1) is 0 Å². The van der Waals surface area contributed by atoms with Gasteiger partial charge in [0, 0.05) is 30.7 Å². The highest BCUT2D eigenvalue weighted by atomic mass is 35.5. The number of carbonyl (C=O) groups excluding carboxylic acids is 1. The molecule has 0 radical (unpaired) electrons. The van der Waals surface area contributed by atoms with Crippen molar-refractivity contribution in [1.29, 1.82) is 0 Å². The Morgan fingerprint density at radius 3 is 2.70 bits per heavy atom. The van der Waals surface area contributed by atoms with Crippen molar-refractivity contribution in [1.82, 2.24) is 0 Å². The Hall–Kier alpha value is -2.00. The van der Waals surface area contributed by atoms with Gasteiger partial charge in [0.15, 0.2) is 5.78 Å². The van der Waals surface area contributed by atoms with E-state index in [0.29, 0.717) is 23.7 Å². The van der Waals surface area contributed by atoms with Gasteiger partial charge in [-0.2, -0.15) is 0 Å². The summed E-state index contributed by atoms with van der Waals surface area (Å²) in [5.41, 5.74) is 1.04. The van der Waals surface area contributed by atoms with Gasteiger partial charge >= 0.3 is 0 Å². The van der Waals surface area contributed by atoms with E-state index in [1.54, 1.807) is 24.5 Å². The van der Waals surface area contributed by atoms with Gasteiger partial charge in [0.05, 0.1) is 6.26 Å². The predicted molar refractivity (Wildman–Crippen MR) is 82.1 cm³/mol. The monoisotopic (exact) mass is 289 g/mol. The largest absolute Gasteiger partial charge is 0.465 e. The van der Waals surface area contributed by atoms with Gasteiger partial charge in [-0.15, -0.1) is 0 Å². The Kier molecular flexibility index (Phi) is 5.02. The minimum atomic E-state index is 0.0715. The molecule has 0 bridgehead atoms. The number of halogens is 1. The van der Waals surface area contributed by atoms with Crippen molar-refractivity contribution in [3.8, 4) is 0 Å². The zero-order valence-corrected chi connectivity index (χ0v) is 12.0. The number of allylic oxidation sites excluding steroid dienone is 1. The van der Waals surface area contributed by atoms with Gasteiger partial charge in [-0.05, 0) is 48.6 Å². The molecular weight excluding hydrogens is 274 g/mol. The first-order chi connectivity index (χ1) is 9.65. The first kappa shape index (κ1) is 14.4. The molecule has 0 atom stereocenters. The van der Waals surface area contributed by atoms with Gasteiger partial charge in [0.2, 0.25) is 0 Å². The lowest BCUT2D eigenvalue weighted by molar-refractivity contribution is -0.114. The van der Waals surface area contributed by atoms with Crippen molar-refractivity contribution in [3.63, 3.8) is 0 Å². The van der Waals surface area contributed by atoms with Gasteiger partial charge in [0.25, 0.3) is 0 Å². The predicted octanol–water partition coefficient (Wildman–Crippen LogP) is 4.04. The van der Waals surface area contributed by atoms with Gasteiger partial charge in [-0.1, -0.05) is 11.6 Å². The molecule has 2 aromatic rings. The highest BCUT2D eigenvalue weighted by Gasteiger charge is 2.03. The molecule has 1 aromatic carbocycles. The molecule has 0 aliphatic heterocycles. The third-order valence-corrected chi connectivity index (χ3v) is 3.19. The van der Waals surface area contributed by atoms with Crippen LogP contribution in [0.2, 0.25) is 5.02 Å². The Labute approximate surface area is 123 Å². The van der Waals surface area contributed by atoms with Crippen LogP contribution in [0.5, 0.6) is 0 Å². The van der Waals surface area contributed by atoms with Crippen LogP contribution in [-0.2, 0) is 4.79 Å². The van der Waals surface area contributed by atoms with Crippen LogP contribution < -0.4 is 4.90 Å². The fraction of sp³-hybridized carbons (Fsp3) is 0.188. The van der Waals surface area contributed by atoms with E-state index in [2.05, 4.69) is 0 Å². The van der Waals surface area contributed by atoms with Crippen LogP contribution in [0.4, 0.5) is 5.69 Å². The molecule has 0 spiro atoms. The summed E-state index contributed by atoms with van der Waals surface area (Å²) in [4.78, 5) is 13.8. The van der Waals surface area contributed by atoms with Crippen molar-refractivity contribution in [2.24, 2.45) is 0 Å². The summed E-state index contributed by atoms with van der Waals surface area (Å²) in [5, 5.41) is 0.708. The van der Waals surface area contributed by atoms with E-state index in [0.717, 1.165) is 5.69 Å². The van der Waals surface area contributed by atoms with Crippen molar-refractivity contribution in [2.45, 2.75) is 6.42 Å². The molecule has 0 amide bonds. The number of benzene rings is 1. The van der Waals surface area contributed by atoms with Crippen LogP contribution in [0.3, 0.4) is 0 Å². The summed E-state index contributed by atoms with van der Waals surface area (Å²) in [6.45, 7) is 0.656. The molecule has 0 aliphatic carbocycles. The van der Waals surface area contributed by atoms with Crippen LogP contribution in [-0.4, -0.2) is 19.4 Å². The number of nitrogens with zero attached hydrogens (tertiary/aromatic N) is 1. The molecule has 2 rings (SSSR count). The smallest absolute Gasteiger partial charge is 0.157 e. The van der Waals surface area contributed by atoms with E-state index in [4.69, 9.17) is 16.0 Å². The fourth-order valence-electron chi connectivity index (χ4n) is 1.75. The van der Waals surface area contributed by atoms with E-state index >= 15 is 0 Å². The van der Waals surface area contributed by atoms with Crippen molar-refractivity contribution in [3.05, 3.63) is 59.5 Å². The van der Waals surface area contributed by atoms with E-state index in [-0.39, 0.29) is 5.78 Å². The lowest BCUT2D eigenvalue weighted by atomic mass is 10.2. The number of rotatable bonds is 6. The Morgan fingerprint density at radius 2 is 2.05 bits per heavy atom. The third kappa shape index (κ3) is 4.28. The minimum Gasteiger partial charge on any atom is -0.465 e. The molecule has 0 fully saturated rings. The van der Waals surface area contributed by atoms with E-state index in [9.17, 15) is 4.79 Å². The van der Waals surface area contributed by atoms with Gasteiger partial charge in [-0.3, -0.25) is 4.79 Å². The maximum Gasteiger partial charge on any atom is 0.157 e. The summed E-state index contributed by atoms with van der Waals surface area (Å²) in [6, 6.07) is 11.1. The Balaban J connectivity index is 1.82. The average Bonchev–Trinajstić information content (AvgIpc) is 2.96. The summed E-state index contributed by atoms with van der Waals surface area (Å²) >= 11 is 5.84. The van der Waals surface area contributed by atoms with Crippen LogP contribution >= 0.6 is 11.6 Å². The van der Waals surface area contributed by atoms with E-state index in [1.807, 2.05) is 42.3 Å².